The first-order valence-electron chi connectivity index (χ1n) is 6.96. The van der Waals surface area contributed by atoms with Gasteiger partial charge < -0.3 is 5.11 Å². The van der Waals surface area contributed by atoms with Crippen LogP contribution in [0.2, 0.25) is 0 Å². The molecule has 1 aliphatic carbocycles. The van der Waals surface area contributed by atoms with Crippen molar-refractivity contribution in [2.45, 2.75) is 62.6 Å². The van der Waals surface area contributed by atoms with Crippen LogP contribution in [-0.2, 0) is 4.79 Å². The number of carboxylic acid groups (broad SMARTS) is 1. The first kappa shape index (κ1) is 11.5. The number of nitrogens with zero attached hydrogens (tertiary/aromatic N) is 1. The van der Waals surface area contributed by atoms with Gasteiger partial charge in [0.1, 0.15) is 5.54 Å². The summed E-state index contributed by atoms with van der Waals surface area (Å²) in [5.74, 6) is -0.633. The highest BCUT2D eigenvalue weighted by Crippen LogP contribution is 2.34. The zero-order valence-electron chi connectivity index (χ0n) is 10.3. The van der Waals surface area contributed by atoms with Gasteiger partial charge in [0.25, 0.3) is 0 Å². The zero-order valence-corrected chi connectivity index (χ0v) is 10.3. The van der Waals surface area contributed by atoms with Gasteiger partial charge >= 0.3 is 5.97 Å². The van der Waals surface area contributed by atoms with E-state index >= 15 is 0 Å². The number of aliphatic carboxylic acids is 1. The predicted octanol–water partition coefficient (Wildman–Crippen LogP) is 1.21. The van der Waals surface area contributed by atoms with Crippen molar-refractivity contribution in [3.63, 3.8) is 0 Å². The van der Waals surface area contributed by atoms with Crippen molar-refractivity contribution in [1.82, 2.24) is 10.2 Å². The topological polar surface area (TPSA) is 52.6 Å². The van der Waals surface area contributed by atoms with Crippen LogP contribution in [0.15, 0.2) is 0 Å². The molecule has 0 aromatic heterocycles. The minimum Gasteiger partial charge on any atom is -0.480 e. The summed E-state index contributed by atoms with van der Waals surface area (Å²) in [4.78, 5) is 14.1. The molecule has 2 N–H and O–H groups in total. The third kappa shape index (κ3) is 1.87. The van der Waals surface area contributed by atoms with Crippen LogP contribution in [-0.4, -0.2) is 46.7 Å². The number of carboxylic acids is 1. The molecule has 17 heavy (non-hydrogen) atoms. The molecular formula is C13H22N2O2. The molecule has 0 aromatic carbocycles. The van der Waals surface area contributed by atoms with Crippen molar-refractivity contribution in [2.24, 2.45) is 0 Å². The average Bonchev–Trinajstić information content (AvgIpc) is 2.97. The van der Waals surface area contributed by atoms with Crippen LogP contribution in [0.25, 0.3) is 0 Å². The second-order valence-corrected chi connectivity index (χ2v) is 5.88. The maximum Gasteiger partial charge on any atom is 0.323 e. The molecule has 2 aliphatic heterocycles. The number of hydrogen-bond acceptors (Lipinski definition) is 3. The summed E-state index contributed by atoms with van der Waals surface area (Å²) in [6.45, 7) is 2.36. The maximum atomic E-state index is 11.5. The molecule has 4 heteroatoms. The molecule has 1 saturated carbocycles. The Labute approximate surface area is 102 Å². The SMILES string of the molecule is O=C(O)C1(NC2CCN3CCCC23)CCCC1. The smallest absolute Gasteiger partial charge is 0.323 e. The highest BCUT2D eigenvalue weighted by molar-refractivity contribution is 5.79. The number of carbonyl (C=O) groups is 1. The minimum absolute atomic E-state index is 0.409. The molecule has 0 aromatic rings. The van der Waals surface area contributed by atoms with Crippen molar-refractivity contribution in [3.8, 4) is 0 Å². The Bertz CT molecular complexity index is 313. The second kappa shape index (κ2) is 4.25. The standard InChI is InChI=1S/C13H22N2O2/c16-12(17)13(6-1-2-7-13)14-10-5-9-15-8-3-4-11(10)15/h10-11,14H,1-9H2,(H,16,17). The number of rotatable bonds is 3. The summed E-state index contributed by atoms with van der Waals surface area (Å²) in [5, 5.41) is 13.0. The molecular weight excluding hydrogens is 216 g/mol. The Hall–Kier alpha value is -0.610. The Kier molecular flexibility index (Phi) is 2.87. The van der Waals surface area contributed by atoms with Crippen LogP contribution in [0.1, 0.15) is 44.9 Å². The Morgan fingerprint density at radius 1 is 1.18 bits per heavy atom. The van der Waals surface area contributed by atoms with Crippen LogP contribution < -0.4 is 5.32 Å². The van der Waals surface area contributed by atoms with E-state index in [0.29, 0.717) is 12.1 Å². The van der Waals surface area contributed by atoms with Crippen LogP contribution in [0.5, 0.6) is 0 Å². The molecule has 3 rings (SSSR count). The first-order chi connectivity index (χ1) is 8.21. The highest BCUT2D eigenvalue weighted by atomic mass is 16.4. The van der Waals surface area contributed by atoms with Gasteiger partial charge in [-0.15, -0.1) is 0 Å². The van der Waals surface area contributed by atoms with E-state index in [9.17, 15) is 9.90 Å². The second-order valence-electron chi connectivity index (χ2n) is 5.88. The third-order valence-electron chi connectivity index (χ3n) is 4.93. The lowest BCUT2D eigenvalue weighted by Gasteiger charge is -2.32. The fourth-order valence-corrected chi connectivity index (χ4v) is 4.00. The van der Waals surface area contributed by atoms with E-state index < -0.39 is 11.5 Å². The quantitative estimate of drug-likeness (QED) is 0.776. The third-order valence-corrected chi connectivity index (χ3v) is 4.93. The van der Waals surface area contributed by atoms with Gasteiger partial charge in [-0.1, -0.05) is 12.8 Å². The molecule has 0 spiro atoms. The van der Waals surface area contributed by atoms with Gasteiger partial charge in [-0.05, 0) is 38.6 Å². The molecule has 4 nitrogen and oxygen atoms in total. The van der Waals surface area contributed by atoms with Gasteiger partial charge in [-0.2, -0.15) is 0 Å². The number of nitrogens with one attached hydrogen (secondary N) is 1. The maximum absolute atomic E-state index is 11.5. The van der Waals surface area contributed by atoms with Gasteiger partial charge in [0.15, 0.2) is 0 Å². The van der Waals surface area contributed by atoms with Gasteiger partial charge in [-0.25, -0.2) is 0 Å². The molecule has 3 fully saturated rings. The first-order valence-corrected chi connectivity index (χ1v) is 6.96. The fraction of sp³-hybridized carbons (Fsp3) is 0.923. The van der Waals surface area contributed by atoms with Gasteiger partial charge in [-0.3, -0.25) is 15.0 Å². The van der Waals surface area contributed by atoms with Crippen LogP contribution in [0.3, 0.4) is 0 Å². The van der Waals surface area contributed by atoms with Crippen molar-refractivity contribution < 1.29 is 9.90 Å². The molecule has 0 bridgehead atoms. The highest BCUT2D eigenvalue weighted by Gasteiger charge is 2.46. The van der Waals surface area contributed by atoms with Crippen molar-refractivity contribution in [2.75, 3.05) is 13.1 Å². The van der Waals surface area contributed by atoms with Crippen LogP contribution in [0.4, 0.5) is 0 Å². The summed E-state index contributed by atoms with van der Waals surface area (Å²) < 4.78 is 0. The molecule has 2 unspecified atom stereocenters. The molecule has 0 radical (unpaired) electrons. The lowest BCUT2D eigenvalue weighted by molar-refractivity contribution is -0.145. The van der Waals surface area contributed by atoms with E-state index in [1.165, 1.54) is 19.4 Å². The molecule has 0 amide bonds. The van der Waals surface area contributed by atoms with E-state index in [4.69, 9.17) is 0 Å². The lowest BCUT2D eigenvalue weighted by Crippen LogP contribution is -2.56. The average molecular weight is 238 g/mol. The van der Waals surface area contributed by atoms with Gasteiger partial charge in [0.2, 0.25) is 0 Å². The summed E-state index contributed by atoms with van der Waals surface area (Å²) in [7, 11) is 0. The van der Waals surface area contributed by atoms with E-state index in [2.05, 4.69) is 10.2 Å². The van der Waals surface area contributed by atoms with Gasteiger partial charge in [0.05, 0.1) is 0 Å². The number of hydrogen-bond donors (Lipinski definition) is 2. The summed E-state index contributed by atoms with van der Waals surface area (Å²) >= 11 is 0. The fourth-order valence-electron chi connectivity index (χ4n) is 4.00. The summed E-state index contributed by atoms with van der Waals surface area (Å²) in [5.41, 5.74) is -0.608. The van der Waals surface area contributed by atoms with E-state index in [1.807, 2.05) is 0 Å². The van der Waals surface area contributed by atoms with Crippen LogP contribution in [0, 0.1) is 0 Å². The largest absolute Gasteiger partial charge is 0.480 e. The predicted molar refractivity (Wildman–Crippen MR) is 65.0 cm³/mol. The Balaban J connectivity index is 1.71. The number of fused-ring (bicyclic) bond motifs is 1. The molecule has 96 valence electrons. The summed E-state index contributed by atoms with van der Waals surface area (Å²) in [6.07, 6.45) is 7.38. The van der Waals surface area contributed by atoms with Crippen molar-refractivity contribution in [1.29, 1.82) is 0 Å². The van der Waals surface area contributed by atoms with Crippen molar-refractivity contribution >= 4 is 5.97 Å². The van der Waals surface area contributed by atoms with E-state index in [1.54, 1.807) is 0 Å². The molecule has 2 saturated heterocycles. The zero-order chi connectivity index (χ0) is 11.9. The van der Waals surface area contributed by atoms with Gasteiger partial charge in [0, 0.05) is 18.6 Å². The van der Waals surface area contributed by atoms with E-state index in [-0.39, 0.29) is 0 Å². The Morgan fingerprint density at radius 2 is 1.94 bits per heavy atom. The van der Waals surface area contributed by atoms with Crippen LogP contribution >= 0.6 is 0 Å². The molecule has 3 aliphatic rings. The van der Waals surface area contributed by atoms with Crippen molar-refractivity contribution in [3.05, 3.63) is 0 Å². The molecule has 2 heterocycles. The lowest BCUT2D eigenvalue weighted by atomic mass is 9.94. The minimum atomic E-state index is -0.633. The monoisotopic (exact) mass is 238 g/mol. The molecule has 2 atom stereocenters. The Morgan fingerprint density at radius 3 is 2.65 bits per heavy atom. The normalized spacial score (nSPS) is 36.2. The van der Waals surface area contributed by atoms with E-state index in [0.717, 1.165) is 38.6 Å². The summed E-state index contributed by atoms with van der Waals surface area (Å²) in [6, 6.07) is 1.01.